The fourth-order valence-corrected chi connectivity index (χ4v) is 3.39. The average molecular weight is 368 g/mol. The van der Waals surface area contributed by atoms with Gasteiger partial charge in [0.05, 0.1) is 18.5 Å². The van der Waals surface area contributed by atoms with E-state index in [0.29, 0.717) is 17.0 Å². The molecule has 1 aliphatic heterocycles. The highest BCUT2D eigenvalue weighted by molar-refractivity contribution is 7.99. The minimum atomic E-state index is -0.326. The molecule has 0 radical (unpaired) electrons. The summed E-state index contributed by atoms with van der Waals surface area (Å²) >= 11 is 1.70. The lowest BCUT2D eigenvalue weighted by molar-refractivity contribution is -0.144. The normalized spacial score (nSPS) is 18.3. The van der Waals surface area contributed by atoms with E-state index in [9.17, 15) is 4.79 Å². The fraction of sp³-hybridized carbons (Fsp3) is 0.250. The first-order chi connectivity index (χ1) is 12.7. The maximum atomic E-state index is 12.0. The van der Waals surface area contributed by atoms with Crippen LogP contribution in [0.2, 0.25) is 0 Å². The number of nitrogens with zero attached hydrogens (tertiary/aromatic N) is 2. The first-order valence-corrected chi connectivity index (χ1v) is 9.43. The van der Waals surface area contributed by atoms with Crippen LogP contribution in [0.4, 0.5) is 11.4 Å². The van der Waals surface area contributed by atoms with Crippen molar-refractivity contribution in [3.05, 3.63) is 66.2 Å². The van der Waals surface area contributed by atoms with Crippen molar-refractivity contribution in [2.75, 3.05) is 18.6 Å². The highest BCUT2D eigenvalue weighted by atomic mass is 32.2. The second kappa shape index (κ2) is 8.67. The smallest absolute Gasteiger partial charge is 0.334 e. The molecule has 1 fully saturated rings. The number of cyclic esters (lactones) is 1. The van der Waals surface area contributed by atoms with Gasteiger partial charge in [0.15, 0.2) is 0 Å². The van der Waals surface area contributed by atoms with Crippen LogP contribution in [0, 0.1) is 0 Å². The van der Waals surface area contributed by atoms with E-state index in [1.165, 1.54) is 0 Å². The molecule has 1 atom stereocenters. The van der Waals surface area contributed by atoms with Gasteiger partial charge in [-0.05, 0) is 54.1 Å². The monoisotopic (exact) mass is 368 g/mol. The largest absolute Gasteiger partial charge is 0.497 e. The van der Waals surface area contributed by atoms with E-state index in [4.69, 9.17) is 9.47 Å². The van der Waals surface area contributed by atoms with E-state index >= 15 is 0 Å². The Kier molecular flexibility index (Phi) is 6.07. The molecule has 26 heavy (non-hydrogen) atoms. The van der Waals surface area contributed by atoms with Gasteiger partial charge in [0.1, 0.15) is 11.9 Å². The van der Waals surface area contributed by atoms with Crippen LogP contribution in [0.15, 0.2) is 70.9 Å². The summed E-state index contributed by atoms with van der Waals surface area (Å²) in [6.45, 7) is 3.78. The summed E-state index contributed by atoms with van der Waals surface area (Å²) < 4.78 is 10.7. The molecule has 2 aromatic rings. The number of hydrogen-bond donors (Lipinski definition) is 0. The Morgan fingerprint density at radius 2 is 1.92 bits per heavy atom. The van der Waals surface area contributed by atoms with Crippen LogP contribution < -0.4 is 4.74 Å². The second-order valence-electron chi connectivity index (χ2n) is 5.83. The van der Waals surface area contributed by atoms with Gasteiger partial charge in [-0.3, -0.25) is 0 Å². The number of thioether (sulfide) groups is 1. The molecule has 0 aromatic heterocycles. The van der Waals surface area contributed by atoms with Gasteiger partial charge < -0.3 is 9.47 Å². The van der Waals surface area contributed by atoms with Crippen LogP contribution in [0.25, 0.3) is 0 Å². The van der Waals surface area contributed by atoms with E-state index < -0.39 is 0 Å². The lowest BCUT2D eigenvalue weighted by Crippen LogP contribution is -2.17. The van der Waals surface area contributed by atoms with Crippen molar-refractivity contribution < 1.29 is 14.3 Å². The highest BCUT2D eigenvalue weighted by Gasteiger charge is 2.21. The Bertz CT molecular complexity index is 818. The zero-order valence-corrected chi connectivity index (χ0v) is 15.4. The summed E-state index contributed by atoms with van der Waals surface area (Å²) in [5.41, 5.74) is 2.87. The molecule has 0 amide bonds. The number of carbonyl (C=O) groups is 1. The van der Waals surface area contributed by atoms with Crippen molar-refractivity contribution in [2.45, 2.75) is 12.5 Å². The third kappa shape index (κ3) is 4.73. The number of methoxy groups -OCH3 is 1. The quantitative estimate of drug-likeness (QED) is 0.412. The summed E-state index contributed by atoms with van der Waals surface area (Å²) in [5.74, 6) is 1.99. The SMILES string of the molecule is C=C1CSCCC(c2cccc(N=Nc3ccc(OC)cc3)c2)OC1=O. The zero-order chi connectivity index (χ0) is 18.4. The van der Waals surface area contributed by atoms with E-state index in [1.54, 1.807) is 18.9 Å². The Balaban J connectivity index is 1.75. The topological polar surface area (TPSA) is 60.3 Å². The van der Waals surface area contributed by atoms with Gasteiger partial charge in [-0.1, -0.05) is 18.7 Å². The number of hydrogen-bond acceptors (Lipinski definition) is 6. The lowest BCUT2D eigenvalue weighted by atomic mass is 10.1. The number of rotatable bonds is 4. The van der Waals surface area contributed by atoms with Crippen molar-refractivity contribution in [2.24, 2.45) is 10.2 Å². The second-order valence-corrected chi connectivity index (χ2v) is 6.94. The van der Waals surface area contributed by atoms with Gasteiger partial charge in [0.2, 0.25) is 0 Å². The summed E-state index contributed by atoms with van der Waals surface area (Å²) in [6.07, 6.45) is 0.478. The predicted molar refractivity (Wildman–Crippen MR) is 104 cm³/mol. The standard InChI is InChI=1S/C20H20N2O3S/c1-14-13-26-11-10-19(25-20(14)23)15-4-3-5-17(12-15)22-21-16-6-8-18(24-2)9-7-16/h3-9,12,19H,1,10-11,13H2,2H3. The first-order valence-electron chi connectivity index (χ1n) is 8.28. The van der Waals surface area contributed by atoms with Gasteiger partial charge in [-0.25, -0.2) is 4.79 Å². The third-order valence-electron chi connectivity index (χ3n) is 3.93. The van der Waals surface area contributed by atoms with E-state index in [0.717, 1.165) is 29.2 Å². The molecule has 5 nitrogen and oxygen atoms in total. The minimum absolute atomic E-state index is 0.289. The molecule has 0 bridgehead atoms. The molecule has 0 aliphatic carbocycles. The molecule has 0 N–H and O–H groups in total. The maximum Gasteiger partial charge on any atom is 0.334 e. The van der Waals surface area contributed by atoms with Crippen LogP contribution in [0.3, 0.4) is 0 Å². The molecule has 1 saturated heterocycles. The summed E-state index contributed by atoms with van der Waals surface area (Å²) in [4.78, 5) is 12.0. The number of carbonyl (C=O) groups excluding carboxylic acids is 1. The number of ether oxygens (including phenoxy) is 2. The van der Waals surface area contributed by atoms with Crippen molar-refractivity contribution in [1.29, 1.82) is 0 Å². The molecule has 1 aliphatic rings. The molecule has 0 saturated carbocycles. The Morgan fingerprint density at radius 3 is 2.69 bits per heavy atom. The molecular weight excluding hydrogens is 348 g/mol. The summed E-state index contributed by atoms with van der Waals surface area (Å²) in [7, 11) is 1.62. The number of benzene rings is 2. The zero-order valence-electron chi connectivity index (χ0n) is 14.6. The first kappa shape index (κ1) is 18.2. The molecular formula is C20H20N2O3S. The highest BCUT2D eigenvalue weighted by Crippen LogP contribution is 2.30. The van der Waals surface area contributed by atoms with Crippen LogP contribution in [0.1, 0.15) is 18.1 Å². The van der Waals surface area contributed by atoms with Gasteiger partial charge in [-0.15, -0.1) is 0 Å². The Labute approximate surface area is 157 Å². The number of azo groups is 1. The maximum absolute atomic E-state index is 12.0. The molecule has 0 spiro atoms. The van der Waals surface area contributed by atoms with Gasteiger partial charge in [0.25, 0.3) is 0 Å². The molecule has 3 rings (SSSR count). The van der Waals surface area contributed by atoms with Crippen LogP contribution in [-0.4, -0.2) is 24.6 Å². The van der Waals surface area contributed by atoms with Crippen molar-refractivity contribution in [3.8, 4) is 5.75 Å². The summed E-state index contributed by atoms with van der Waals surface area (Å²) in [6, 6.07) is 15.0. The average Bonchev–Trinajstić information content (AvgIpc) is 2.67. The minimum Gasteiger partial charge on any atom is -0.497 e. The van der Waals surface area contributed by atoms with E-state index in [2.05, 4.69) is 16.8 Å². The van der Waals surface area contributed by atoms with Gasteiger partial charge in [-0.2, -0.15) is 22.0 Å². The fourth-order valence-electron chi connectivity index (χ4n) is 2.50. The summed E-state index contributed by atoms with van der Waals surface area (Å²) in [5, 5.41) is 8.53. The van der Waals surface area contributed by atoms with Crippen LogP contribution >= 0.6 is 11.8 Å². The van der Waals surface area contributed by atoms with E-state index in [1.807, 2.05) is 48.5 Å². The molecule has 2 aromatic carbocycles. The third-order valence-corrected chi connectivity index (χ3v) is 5.01. The van der Waals surface area contributed by atoms with Crippen molar-refractivity contribution >= 4 is 29.1 Å². The van der Waals surface area contributed by atoms with Crippen molar-refractivity contribution in [1.82, 2.24) is 0 Å². The molecule has 6 heteroatoms. The Morgan fingerprint density at radius 1 is 1.15 bits per heavy atom. The van der Waals surface area contributed by atoms with Gasteiger partial charge >= 0.3 is 5.97 Å². The lowest BCUT2D eigenvalue weighted by Gasteiger charge is -2.21. The molecule has 1 heterocycles. The molecule has 134 valence electrons. The molecule has 1 unspecified atom stereocenters. The van der Waals surface area contributed by atoms with E-state index in [-0.39, 0.29) is 12.1 Å². The van der Waals surface area contributed by atoms with Crippen molar-refractivity contribution in [3.63, 3.8) is 0 Å². The predicted octanol–water partition coefficient (Wildman–Crippen LogP) is 5.39. The van der Waals surface area contributed by atoms with Crippen LogP contribution in [0.5, 0.6) is 5.75 Å². The number of esters is 1. The van der Waals surface area contributed by atoms with Crippen LogP contribution in [-0.2, 0) is 9.53 Å². The Hall–Kier alpha value is -2.60. The van der Waals surface area contributed by atoms with Gasteiger partial charge in [0, 0.05) is 11.3 Å².